The normalized spacial score (nSPS) is 10.7. The summed E-state index contributed by atoms with van der Waals surface area (Å²) in [6.45, 7) is 4.34. The summed E-state index contributed by atoms with van der Waals surface area (Å²) in [6.07, 6.45) is 0. The molecule has 3 rings (SSSR count). The molecule has 1 aromatic heterocycles. The molecule has 31 heavy (non-hydrogen) atoms. The second kappa shape index (κ2) is 9.93. The summed E-state index contributed by atoms with van der Waals surface area (Å²) < 4.78 is 23.9. The predicted octanol–water partition coefficient (Wildman–Crippen LogP) is 4.41. The number of carbonyl (C=O) groups excluding carboxylic acids is 2. The van der Waals surface area contributed by atoms with E-state index in [1.165, 1.54) is 24.3 Å². The lowest BCUT2D eigenvalue weighted by Crippen LogP contribution is -2.32. The minimum absolute atomic E-state index is 0.0449. The van der Waals surface area contributed by atoms with E-state index < -0.39 is 0 Å². The maximum absolute atomic E-state index is 12.9. The number of benzene rings is 2. The minimum Gasteiger partial charge on any atom is -0.486 e. The SMILES string of the molecule is CC(C)N(C)C(=O)c1ccc(CNC(=O)c2ccc(COc3ccc(F)cc3)o2)cc1. The number of ether oxygens (including phenoxy) is 1. The van der Waals surface area contributed by atoms with Gasteiger partial charge in [0.05, 0.1) is 0 Å². The molecule has 0 aliphatic rings. The van der Waals surface area contributed by atoms with E-state index in [9.17, 15) is 14.0 Å². The van der Waals surface area contributed by atoms with Crippen LogP contribution in [0, 0.1) is 5.82 Å². The number of hydrogen-bond acceptors (Lipinski definition) is 4. The van der Waals surface area contributed by atoms with Gasteiger partial charge in [-0.1, -0.05) is 12.1 Å². The fourth-order valence-corrected chi connectivity index (χ4v) is 2.74. The van der Waals surface area contributed by atoms with Crippen LogP contribution in [0.3, 0.4) is 0 Å². The Kier molecular flexibility index (Phi) is 7.07. The van der Waals surface area contributed by atoms with Crippen LogP contribution in [0.15, 0.2) is 65.1 Å². The second-order valence-corrected chi connectivity index (χ2v) is 7.40. The van der Waals surface area contributed by atoms with E-state index in [4.69, 9.17) is 9.15 Å². The van der Waals surface area contributed by atoms with Crippen molar-refractivity contribution < 1.29 is 23.1 Å². The highest BCUT2D eigenvalue weighted by Crippen LogP contribution is 2.15. The zero-order valence-electron chi connectivity index (χ0n) is 17.7. The molecule has 1 N–H and O–H groups in total. The third kappa shape index (κ3) is 5.94. The van der Waals surface area contributed by atoms with E-state index in [2.05, 4.69) is 5.32 Å². The van der Waals surface area contributed by atoms with Crippen molar-refractivity contribution in [2.24, 2.45) is 0 Å². The minimum atomic E-state index is -0.354. The van der Waals surface area contributed by atoms with Crippen LogP contribution in [0.4, 0.5) is 4.39 Å². The van der Waals surface area contributed by atoms with Crippen molar-refractivity contribution in [1.29, 1.82) is 0 Å². The lowest BCUT2D eigenvalue weighted by molar-refractivity contribution is 0.0754. The number of nitrogens with one attached hydrogen (secondary N) is 1. The Morgan fingerprint density at radius 3 is 2.35 bits per heavy atom. The predicted molar refractivity (Wildman–Crippen MR) is 114 cm³/mol. The van der Waals surface area contributed by atoms with Crippen LogP contribution in [-0.2, 0) is 13.2 Å². The van der Waals surface area contributed by atoms with Crippen molar-refractivity contribution in [3.63, 3.8) is 0 Å². The number of carbonyl (C=O) groups is 2. The molecule has 162 valence electrons. The number of amides is 2. The molecule has 6 nitrogen and oxygen atoms in total. The van der Waals surface area contributed by atoms with Crippen LogP contribution in [0.5, 0.6) is 5.75 Å². The zero-order valence-corrected chi connectivity index (χ0v) is 17.7. The first kappa shape index (κ1) is 22.1. The molecule has 1 heterocycles. The maximum atomic E-state index is 12.9. The fourth-order valence-electron chi connectivity index (χ4n) is 2.74. The number of rotatable bonds is 8. The van der Waals surface area contributed by atoms with Gasteiger partial charge in [0.2, 0.25) is 0 Å². The Bertz CT molecular complexity index is 1030. The molecule has 0 spiro atoms. The number of nitrogens with zero attached hydrogens (tertiary/aromatic N) is 1. The van der Waals surface area contributed by atoms with E-state index in [0.29, 0.717) is 23.6 Å². The summed E-state index contributed by atoms with van der Waals surface area (Å²) in [5.74, 6) is 0.415. The average Bonchev–Trinajstić information content (AvgIpc) is 3.25. The van der Waals surface area contributed by atoms with Gasteiger partial charge in [0.15, 0.2) is 5.76 Å². The van der Waals surface area contributed by atoms with Crippen molar-refractivity contribution in [2.45, 2.75) is 33.0 Å². The molecule has 0 atom stereocenters. The molecule has 3 aromatic rings. The number of halogens is 1. The van der Waals surface area contributed by atoms with Gasteiger partial charge in [-0.3, -0.25) is 9.59 Å². The van der Waals surface area contributed by atoms with Gasteiger partial charge in [0.25, 0.3) is 11.8 Å². The summed E-state index contributed by atoms with van der Waals surface area (Å²) in [6, 6.07) is 16.1. The van der Waals surface area contributed by atoms with Crippen molar-refractivity contribution >= 4 is 11.8 Å². The Hall–Kier alpha value is -3.61. The molecule has 2 aromatic carbocycles. The third-order valence-corrected chi connectivity index (χ3v) is 4.83. The largest absolute Gasteiger partial charge is 0.486 e. The number of hydrogen-bond donors (Lipinski definition) is 1. The first-order valence-electron chi connectivity index (χ1n) is 9.95. The third-order valence-electron chi connectivity index (χ3n) is 4.83. The summed E-state index contributed by atoms with van der Waals surface area (Å²) in [5.41, 5.74) is 1.46. The van der Waals surface area contributed by atoms with E-state index in [1.54, 1.807) is 36.2 Å². The first-order valence-corrected chi connectivity index (χ1v) is 9.95. The van der Waals surface area contributed by atoms with E-state index in [0.717, 1.165) is 5.56 Å². The molecule has 0 bridgehead atoms. The van der Waals surface area contributed by atoms with Gasteiger partial charge in [-0.25, -0.2) is 4.39 Å². The quantitative estimate of drug-likeness (QED) is 0.582. The maximum Gasteiger partial charge on any atom is 0.287 e. The summed E-state index contributed by atoms with van der Waals surface area (Å²) in [5, 5.41) is 2.79. The fraction of sp³-hybridized carbons (Fsp3) is 0.250. The highest BCUT2D eigenvalue weighted by Gasteiger charge is 2.15. The second-order valence-electron chi connectivity index (χ2n) is 7.40. The van der Waals surface area contributed by atoms with Gasteiger partial charge in [-0.2, -0.15) is 0 Å². The lowest BCUT2D eigenvalue weighted by atomic mass is 10.1. The Balaban J connectivity index is 1.50. The molecule has 0 aliphatic heterocycles. The van der Waals surface area contributed by atoms with Crippen molar-refractivity contribution in [3.05, 3.63) is 89.1 Å². The standard InChI is InChI=1S/C24H25FN2O4/c1-16(2)27(3)24(29)18-6-4-17(5-7-18)14-26-23(28)22-13-12-21(31-22)15-30-20-10-8-19(25)9-11-20/h4-13,16H,14-15H2,1-3H3,(H,26,28). The topological polar surface area (TPSA) is 71.8 Å². The Morgan fingerprint density at radius 1 is 1.03 bits per heavy atom. The summed E-state index contributed by atoms with van der Waals surface area (Å²) >= 11 is 0. The average molecular weight is 424 g/mol. The van der Waals surface area contributed by atoms with Gasteiger partial charge in [-0.05, 0) is 67.9 Å². The molecule has 0 unspecified atom stereocenters. The number of furan rings is 1. The van der Waals surface area contributed by atoms with Crippen LogP contribution in [0.25, 0.3) is 0 Å². The lowest BCUT2D eigenvalue weighted by Gasteiger charge is -2.21. The van der Waals surface area contributed by atoms with Crippen molar-refractivity contribution in [1.82, 2.24) is 10.2 Å². The molecule has 7 heteroatoms. The van der Waals surface area contributed by atoms with Crippen LogP contribution in [0.2, 0.25) is 0 Å². The van der Waals surface area contributed by atoms with Crippen LogP contribution >= 0.6 is 0 Å². The van der Waals surface area contributed by atoms with Crippen LogP contribution < -0.4 is 10.1 Å². The Labute approximate surface area is 180 Å². The van der Waals surface area contributed by atoms with Crippen molar-refractivity contribution in [2.75, 3.05) is 7.05 Å². The molecular weight excluding hydrogens is 399 g/mol. The molecule has 0 fully saturated rings. The summed E-state index contributed by atoms with van der Waals surface area (Å²) in [4.78, 5) is 26.3. The molecule has 0 aliphatic carbocycles. The van der Waals surface area contributed by atoms with E-state index in [1.807, 2.05) is 26.0 Å². The smallest absolute Gasteiger partial charge is 0.287 e. The Morgan fingerprint density at radius 2 is 1.71 bits per heavy atom. The van der Waals surface area contributed by atoms with Gasteiger partial charge in [-0.15, -0.1) is 0 Å². The van der Waals surface area contributed by atoms with Gasteiger partial charge < -0.3 is 19.4 Å². The van der Waals surface area contributed by atoms with Gasteiger partial charge in [0.1, 0.15) is 23.9 Å². The zero-order chi connectivity index (χ0) is 22.4. The highest BCUT2D eigenvalue weighted by molar-refractivity contribution is 5.94. The highest BCUT2D eigenvalue weighted by atomic mass is 19.1. The molecule has 0 radical (unpaired) electrons. The molecule has 2 amide bonds. The van der Waals surface area contributed by atoms with Crippen LogP contribution in [0.1, 0.15) is 46.1 Å². The van der Waals surface area contributed by atoms with E-state index >= 15 is 0 Å². The van der Waals surface area contributed by atoms with Crippen molar-refractivity contribution in [3.8, 4) is 5.75 Å². The summed E-state index contributed by atoms with van der Waals surface area (Å²) in [7, 11) is 1.77. The molecule has 0 saturated heterocycles. The molecular formula is C24H25FN2O4. The van der Waals surface area contributed by atoms with Gasteiger partial charge >= 0.3 is 0 Å². The van der Waals surface area contributed by atoms with Gasteiger partial charge in [0, 0.05) is 25.2 Å². The molecule has 0 saturated carbocycles. The van der Waals surface area contributed by atoms with Crippen LogP contribution in [-0.4, -0.2) is 29.8 Å². The first-order chi connectivity index (χ1) is 14.8. The monoisotopic (exact) mass is 424 g/mol. The van der Waals surface area contributed by atoms with E-state index in [-0.39, 0.29) is 36.0 Å².